The molecular weight excluding hydrogens is 1950 g/mol. The number of anilines is 1. The number of carboxylic acid groups (broad SMARTS) is 6. The number of unbranched alkanes of at least 4 members (excludes halogenated alkanes) is 1. The Morgan fingerprint density at radius 2 is 0.418 bits per heavy atom. The first-order valence-corrected chi connectivity index (χ1v) is 46.0. The minimum atomic E-state index is -5.19. The average molecular weight is 2080 g/mol. The molecule has 16 bridgehead atoms. The summed E-state index contributed by atoms with van der Waals surface area (Å²) in [6, 6.07) is 39.7. The van der Waals surface area contributed by atoms with Crippen molar-refractivity contribution >= 4 is 87.4 Å². The van der Waals surface area contributed by atoms with Gasteiger partial charge in [-0.2, -0.15) is 79.0 Å². The number of alkyl halides is 18. The highest BCUT2D eigenvalue weighted by Gasteiger charge is 2.38. The van der Waals surface area contributed by atoms with E-state index < -0.39 is 78.9 Å². The smallest absolute Gasteiger partial charge is 0.430 e. The van der Waals surface area contributed by atoms with Crippen molar-refractivity contribution in [3.05, 3.63) is 237 Å². The first-order valence-electron chi connectivity index (χ1n) is 46.0. The van der Waals surface area contributed by atoms with Crippen LogP contribution in [0.2, 0.25) is 0 Å². The zero-order chi connectivity index (χ0) is 113. The van der Waals surface area contributed by atoms with Gasteiger partial charge in [0, 0.05) is 130 Å². The Kier molecular flexibility index (Phi) is 40.7. The van der Waals surface area contributed by atoms with E-state index >= 15 is 9.59 Å². The van der Waals surface area contributed by atoms with Crippen LogP contribution in [-0.4, -0.2) is 84.7 Å². The lowest BCUT2D eigenvalue weighted by molar-refractivity contribution is -0.344. The first-order chi connectivity index (χ1) is 65.5. The lowest BCUT2D eigenvalue weighted by Gasteiger charge is -2.29. The van der Waals surface area contributed by atoms with Gasteiger partial charge in [0.1, 0.15) is 69.9 Å². The quantitative estimate of drug-likeness (QED) is 0.0543. The number of halogens is 18. The maximum absolute atomic E-state index is 15.3. The normalized spacial score (nSPS) is 13.8. The van der Waals surface area contributed by atoms with Gasteiger partial charge in [-0.25, -0.2) is 0 Å². The van der Waals surface area contributed by atoms with Crippen LogP contribution in [0.5, 0.6) is 0 Å². The lowest BCUT2D eigenvalue weighted by atomic mass is 9.78. The van der Waals surface area contributed by atoms with Crippen molar-refractivity contribution in [2.24, 2.45) is 0 Å². The Morgan fingerprint density at radius 3 is 0.623 bits per heavy atom. The topological polar surface area (TPSA) is 465 Å². The predicted molar refractivity (Wildman–Crippen MR) is 500 cm³/mol. The molecule has 0 heterocycles. The van der Waals surface area contributed by atoms with E-state index in [1.807, 2.05) is 0 Å². The van der Waals surface area contributed by atoms with Gasteiger partial charge in [-0.1, -0.05) is 197 Å². The number of carbonyl (C=O) groups excluding carboxylic acids is 8. The van der Waals surface area contributed by atoms with Crippen molar-refractivity contribution in [1.29, 1.82) is 0 Å². The summed E-state index contributed by atoms with van der Waals surface area (Å²) < 4.78 is 189. The van der Waals surface area contributed by atoms with Gasteiger partial charge in [0.15, 0.2) is 0 Å². The zero-order valence-electron chi connectivity index (χ0n) is 86.4. The average Bonchev–Trinajstić information content (AvgIpc) is 0.763. The molecule has 20 N–H and O–H groups in total. The fraction of sp³-hybridized carbons (Fsp3) is 0.472. The van der Waals surface area contributed by atoms with Gasteiger partial charge < -0.3 is 104 Å². The maximum atomic E-state index is 15.3. The van der Waals surface area contributed by atoms with E-state index in [1.165, 1.54) is 94.6 Å². The Hall–Kier alpha value is -12.0. The molecule has 806 valence electrons. The largest absolute Gasteiger partial charge is 0.542 e. The number of rotatable bonds is 7. The number of carbonyl (C=O) groups is 8. The summed E-state index contributed by atoms with van der Waals surface area (Å²) in [5.74, 6) is -18.2. The summed E-state index contributed by atoms with van der Waals surface area (Å²) >= 11 is 0. The molecule has 2 amide bonds. The van der Waals surface area contributed by atoms with Crippen LogP contribution in [0.25, 0.3) is 0 Å². The van der Waals surface area contributed by atoms with Crippen molar-refractivity contribution in [2.45, 2.75) is 323 Å². The van der Waals surface area contributed by atoms with Gasteiger partial charge in [-0.3, -0.25) is 9.59 Å². The third-order valence-corrected chi connectivity index (χ3v) is 24.1. The third kappa shape index (κ3) is 37.1. The van der Waals surface area contributed by atoms with E-state index in [0.717, 1.165) is 85.2 Å². The van der Waals surface area contributed by atoms with E-state index in [0.29, 0.717) is 51.4 Å². The fourth-order valence-electron chi connectivity index (χ4n) is 15.2. The highest BCUT2D eigenvalue weighted by atomic mass is 19.4. The minimum Gasteiger partial charge on any atom is -0.542 e. The standard InChI is InChI=1S/C94H126N8O2.6C2HF3O2/c1-87(2,3)68-31-53-29-54-38-69(88(4,5)6)39-55(79(54)95)32-56-40-71(90(10,11)12)45-61(81(56)97)35-64-48-75(94(22,23)24)52-76(84(64)100)86(65(30-53)49-68)102-78(104)28-26-25-27-77(103)101-85-66-36-62-46-72(91(13,14)15)43-59(82(62)98)33-57-41-70(89(7,8)9)42-58(80(57)96)34-60-44-73(92(16,17)18)47-63(83(60)99)37-67(85)51-74(50-66)93(19,20)21;6*3-2(4,5)1(6)7/h30-31,38-52,86H,25-29,32-37,95-100H2,1-24H3,(H,101,103)(H,102,104);6*(H,6,7). The van der Waals surface area contributed by atoms with Crippen molar-refractivity contribution < 1.29 is 182 Å². The van der Waals surface area contributed by atoms with Crippen molar-refractivity contribution in [3.8, 4) is 0 Å². The van der Waals surface area contributed by atoms with E-state index in [-0.39, 0.29) is 68.0 Å². The van der Waals surface area contributed by atoms with Crippen LogP contribution in [0.3, 0.4) is 0 Å². The maximum Gasteiger partial charge on any atom is 0.430 e. The molecule has 8 aromatic carbocycles. The summed E-state index contributed by atoms with van der Waals surface area (Å²) in [6.45, 7) is 55.0. The Morgan fingerprint density at radius 1 is 0.247 bits per heavy atom. The molecule has 0 saturated heterocycles. The Bertz CT molecular complexity index is 5810. The van der Waals surface area contributed by atoms with Gasteiger partial charge in [0.2, 0.25) is 11.8 Å². The summed E-state index contributed by atoms with van der Waals surface area (Å²) in [4.78, 5) is 83.2. The number of fused-ring (bicyclic) bond motifs is 16. The molecule has 0 spiro atoms. The van der Waals surface area contributed by atoms with Crippen LogP contribution in [-0.2, 0) is 127 Å². The zero-order valence-corrected chi connectivity index (χ0v) is 86.4. The third-order valence-electron chi connectivity index (χ3n) is 24.1. The minimum absolute atomic E-state index is 0.0725. The molecule has 0 radical (unpaired) electrons. The van der Waals surface area contributed by atoms with Crippen LogP contribution in [0, 0.1) is 0 Å². The number of hydrogen-bond donors (Lipinski definition) is 8. The van der Waals surface area contributed by atoms with Crippen LogP contribution in [0.4, 0.5) is 119 Å². The molecule has 1 atom stereocenters. The molecular formula is C106H132F18N8O14. The predicted octanol–water partition coefficient (Wildman–Crippen LogP) is 12.3. The van der Waals surface area contributed by atoms with Gasteiger partial charge in [0.25, 0.3) is 0 Å². The molecule has 8 aromatic rings. The van der Waals surface area contributed by atoms with E-state index in [9.17, 15) is 79.0 Å². The molecule has 40 heteroatoms. The second-order valence-electron chi connectivity index (χ2n) is 44.4. The molecule has 2 aliphatic rings. The van der Waals surface area contributed by atoms with E-state index in [4.69, 9.17) is 93.8 Å². The first kappa shape index (κ1) is 126. The van der Waals surface area contributed by atoms with Crippen LogP contribution in [0.15, 0.2) is 103 Å². The molecule has 10 rings (SSSR count). The molecule has 22 nitrogen and oxygen atoms in total. The molecule has 0 aromatic heterocycles. The number of aliphatic carboxylic acids is 6. The van der Waals surface area contributed by atoms with Crippen molar-refractivity contribution in [1.82, 2.24) is 5.32 Å². The van der Waals surface area contributed by atoms with Gasteiger partial charge in [-0.05, 0) is 196 Å². The number of amides is 2. The van der Waals surface area contributed by atoms with E-state index in [2.05, 4.69) is 280 Å². The lowest BCUT2D eigenvalue weighted by Crippen LogP contribution is -2.46. The van der Waals surface area contributed by atoms with Gasteiger partial charge >= 0.3 is 37.1 Å². The van der Waals surface area contributed by atoms with Crippen molar-refractivity contribution in [3.63, 3.8) is 0 Å². The van der Waals surface area contributed by atoms with Gasteiger partial charge in [-0.15, -0.1) is 0 Å². The number of hydrogen-bond acceptors (Lipinski definition) is 14. The number of carboxylic acids is 6. The van der Waals surface area contributed by atoms with Crippen molar-refractivity contribution in [2.75, 3.05) is 5.32 Å². The SMILES string of the molecule is CC(C)(C)c1cc2cc(c1)C(NC(=O)CCCCC(=O)Nc1c3cc(C(C)(C)C)cc1Cc1cc(C(C)(C)C)cc(c1[NH3+])Cc1cc(C(C)(C)C)cc(c1[NH3+])Cc1cc(C(C)(C)C)cc(c1[NH3+])C3)c1cc(C(C)(C)C)cc(c1[NH3+])Cc1cc(C(C)(C)C)cc(c1[NH3+])Cc1cc(C(C)(C)C)cc(c1[NH3+])C2.O=C([O-])C(F)(F)F.O=C([O-])C(F)(F)F.O=C([O-])C(F)(F)F.O=C([O-])C(F)(F)F.O=C([O-])C(F)(F)F.O=C([O-])C(F)(F)F. The molecule has 0 saturated carbocycles. The van der Waals surface area contributed by atoms with Crippen LogP contribution < -0.4 is 75.7 Å². The molecule has 0 aliphatic heterocycles. The second kappa shape index (κ2) is 47.0. The highest BCUT2D eigenvalue weighted by molar-refractivity contribution is 5.93. The van der Waals surface area contributed by atoms with Crippen LogP contribution in [0.1, 0.15) is 331 Å². The molecule has 2 aliphatic carbocycles. The van der Waals surface area contributed by atoms with Crippen LogP contribution >= 0.6 is 0 Å². The number of quaternary nitrogens is 6. The molecule has 0 fully saturated rings. The number of nitrogens with one attached hydrogen (secondary N) is 2. The second-order valence-corrected chi connectivity index (χ2v) is 44.4. The fourth-order valence-corrected chi connectivity index (χ4v) is 15.2. The summed E-state index contributed by atoms with van der Waals surface area (Å²) in [7, 11) is 0. The summed E-state index contributed by atoms with van der Waals surface area (Å²) in [6.07, 6.45) is -25.1. The highest BCUT2D eigenvalue weighted by Crippen LogP contribution is 2.45. The molecule has 1 unspecified atom stereocenters. The summed E-state index contributed by atoms with van der Waals surface area (Å²) in [5.41, 5.74) is 63.5. The van der Waals surface area contributed by atoms with Gasteiger partial charge in [0.05, 0.1) is 6.04 Å². The Labute approximate surface area is 836 Å². The number of benzene rings is 8. The molecule has 146 heavy (non-hydrogen) atoms. The monoisotopic (exact) mass is 2080 g/mol. The Balaban J connectivity index is 0.000000879. The van der Waals surface area contributed by atoms with E-state index in [1.54, 1.807) is 0 Å². The summed E-state index contributed by atoms with van der Waals surface area (Å²) in [5, 5.41) is 60.0.